The third-order valence-electron chi connectivity index (χ3n) is 3.40. The van der Waals surface area contributed by atoms with Crippen LogP contribution in [0.25, 0.3) is 0 Å². The van der Waals surface area contributed by atoms with Crippen molar-refractivity contribution in [3.8, 4) is 5.75 Å². The lowest BCUT2D eigenvalue weighted by Crippen LogP contribution is -2.15. The summed E-state index contributed by atoms with van der Waals surface area (Å²) in [5, 5.41) is 2.72. The highest BCUT2D eigenvalue weighted by atomic mass is 16.5. The van der Waals surface area contributed by atoms with Crippen LogP contribution in [0.5, 0.6) is 5.75 Å². The van der Waals surface area contributed by atoms with Gasteiger partial charge >= 0.3 is 5.97 Å². The van der Waals surface area contributed by atoms with Crippen molar-refractivity contribution in [2.24, 2.45) is 0 Å². The van der Waals surface area contributed by atoms with Crippen molar-refractivity contribution in [1.29, 1.82) is 0 Å². The summed E-state index contributed by atoms with van der Waals surface area (Å²) in [6, 6.07) is 13.4. The molecule has 0 aliphatic carbocycles. The number of amides is 1. The molecule has 0 unspecified atom stereocenters. The zero-order valence-corrected chi connectivity index (χ0v) is 14.3. The molecule has 2 rings (SSSR count). The second-order valence-electron chi connectivity index (χ2n) is 5.06. The van der Waals surface area contributed by atoms with Gasteiger partial charge in [-0.1, -0.05) is 12.1 Å². The number of hydrogen-bond donors (Lipinski definition) is 1. The van der Waals surface area contributed by atoms with Crippen LogP contribution in [0.3, 0.4) is 0 Å². The Morgan fingerprint density at radius 3 is 2.40 bits per heavy atom. The topological polar surface area (TPSA) is 73.9 Å². The highest BCUT2D eigenvalue weighted by molar-refractivity contribution is 6.08. The van der Waals surface area contributed by atoms with E-state index in [2.05, 4.69) is 5.32 Å². The molecule has 132 valence electrons. The van der Waals surface area contributed by atoms with E-state index in [0.29, 0.717) is 42.4 Å². The fraction of sp³-hybridized carbons (Fsp3) is 0.263. The van der Waals surface area contributed by atoms with E-state index in [9.17, 15) is 9.59 Å². The molecule has 6 nitrogen and oxygen atoms in total. The Balaban J connectivity index is 2.01. The molecule has 2 aromatic rings. The normalized spacial score (nSPS) is 10.2. The van der Waals surface area contributed by atoms with Gasteiger partial charge in [0.25, 0.3) is 5.91 Å². The number of carbonyl (C=O) groups is 2. The minimum absolute atomic E-state index is 0.300. The summed E-state index contributed by atoms with van der Waals surface area (Å²) in [7, 11) is 1.30. The highest BCUT2D eigenvalue weighted by Crippen LogP contribution is 2.18. The maximum atomic E-state index is 12.4. The van der Waals surface area contributed by atoms with E-state index in [4.69, 9.17) is 14.2 Å². The van der Waals surface area contributed by atoms with Crippen LogP contribution in [0.2, 0.25) is 0 Å². The van der Waals surface area contributed by atoms with Gasteiger partial charge in [-0.05, 0) is 43.3 Å². The van der Waals surface area contributed by atoms with Crippen LogP contribution in [0.1, 0.15) is 27.6 Å². The summed E-state index contributed by atoms with van der Waals surface area (Å²) in [5.41, 5.74) is 1.16. The number of hydrogen-bond acceptors (Lipinski definition) is 5. The number of rotatable bonds is 8. The van der Waals surface area contributed by atoms with Crippen LogP contribution < -0.4 is 10.1 Å². The van der Waals surface area contributed by atoms with E-state index in [0.717, 1.165) is 0 Å². The summed E-state index contributed by atoms with van der Waals surface area (Å²) >= 11 is 0. The Morgan fingerprint density at radius 1 is 1.00 bits per heavy atom. The largest absolute Gasteiger partial charge is 0.491 e. The molecular weight excluding hydrogens is 322 g/mol. The molecule has 2 aromatic carbocycles. The van der Waals surface area contributed by atoms with Crippen molar-refractivity contribution >= 4 is 17.6 Å². The number of nitrogens with one attached hydrogen (secondary N) is 1. The van der Waals surface area contributed by atoms with E-state index in [1.54, 1.807) is 48.5 Å². The van der Waals surface area contributed by atoms with Gasteiger partial charge in [0.05, 0.1) is 25.0 Å². The van der Waals surface area contributed by atoms with Crippen LogP contribution in [-0.4, -0.2) is 38.8 Å². The molecule has 6 heteroatoms. The third-order valence-corrected chi connectivity index (χ3v) is 3.40. The number of carbonyl (C=O) groups excluding carboxylic acids is 2. The first-order valence-corrected chi connectivity index (χ1v) is 7.95. The monoisotopic (exact) mass is 343 g/mol. The van der Waals surface area contributed by atoms with Crippen molar-refractivity contribution < 1.29 is 23.8 Å². The Labute approximate surface area is 146 Å². The van der Waals surface area contributed by atoms with Crippen LogP contribution in [0.4, 0.5) is 5.69 Å². The first-order valence-electron chi connectivity index (χ1n) is 7.95. The molecule has 0 heterocycles. The van der Waals surface area contributed by atoms with Gasteiger partial charge in [0, 0.05) is 12.2 Å². The van der Waals surface area contributed by atoms with E-state index >= 15 is 0 Å². The predicted octanol–water partition coefficient (Wildman–Crippen LogP) is 3.14. The molecule has 0 aliphatic heterocycles. The molecule has 0 spiro atoms. The summed E-state index contributed by atoms with van der Waals surface area (Å²) < 4.78 is 15.4. The summed E-state index contributed by atoms with van der Waals surface area (Å²) in [6.45, 7) is 3.54. The SMILES string of the molecule is CCOCCOc1ccc(C(=O)Nc2ccccc2C(=O)OC)cc1. The second kappa shape index (κ2) is 9.44. The first kappa shape index (κ1) is 18.5. The van der Waals surface area contributed by atoms with E-state index in [1.807, 2.05) is 6.92 Å². The quantitative estimate of drug-likeness (QED) is 0.589. The molecule has 0 saturated carbocycles. The van der Waals surface area contributed by atoms with Gasteiger partial charge < -0.3 is 19.5 Å². The fourth-order valence-corrected chi connectivity index (χ4v) is 2.14. The molecule has 0 atom stereocenters. The Morgan fingerprint density at radius 2 is 1.72 bits per heavy atom. The van der Waals surface area contributed by atoms with Gasteiger partial charge in [-0.15, -0.1) is 0 Å². The van der Waals surface area contributed by atoms with Crippen molar-refractivity contribution in [1.82, 2.24) is 0 Å². The molecule has 1 amide bonds. The molecule has 25 heavy (non-hydrogen) atoms. The van der Waals surface area contributed by atoms with Crippen LogP contribution in [0, 0.1) is 0 Å². The Hall–Kier alpha value is -2.86. The van der Waals surface area contributed by atoms with Gasteiger partial charge in [-0.2, -0.15) is 0 Å². The van der Waals surface area contributed by atoms with Gasteiger partial charge in [-0.3, -0.25) is 4.79 Å². The maximum Gasteiger partial charge on any atom is 0.339 e. The van der Waals surface area contributed by atoms with Crippen molar-refractivity contribution in [2.45, 2.75) is 6.92 Å². The van der Waals surface area contributed by atoms with Gasteiger partial charge in [0.1, 0.15) is 12.4 Å². The average molecular weight is 343 g/mol. The van der Waals surface area contributed by atoms with Crippen LogP contribution >= 0.6 is 0 Å². The summed E-state index contributed by atoms with van der Waals surface area (Å²) in [5.74, 6) is -0.169. The zero-order valence-electron chi connectivity index (χ0n) is 14.3. The fourth-order valence-electron chi connectivity index (χ4n) is 2.14. The van der Waals surface area contributed by atoms with Crippen LogP contribution in [-0.2, 0) is 9.47 Å². The molecular formula is C19H21NO5. The number of benzene rings is 2. The van der Waals surface area contributed by atoms with Crippen molar-refractivity contribution in [3.05, 3.63) is 59.7 Å². The summed E-state index contributed by atoms with van der Waals surface area (Å²) in [6.07, 6.45) is 0. The standard InChI is InChI=1S/C19H21NO5/c1-3-24-12-13-25-15-10-8-14(9-11-15)18(21)20-17-7-5-4-6-16(17)19(22)23-2/h4-11H,3,12-13H2,1-2H3,(H,20,21). The van der Waals surface area contributed by atoms with Gasteiger partial charge in [0.15, 0.2) is 0 Å². The van der Waals surface area contributed by atoms with E-state index < -0.39 is 5.97 Å². The summed E-state index contributed by atoms with van der Waals surface area (Å²) in [4.78, 5) is 24.1. The Bertz CT molecular complexity index is 712. The minimum atomic E-state index is -0.506. The number of anilines is 1. The van der Waals surface area contributed by atoms with Crippen molar-refractivity contribution in [3.63, 3.8) is 0 Å². The average Bonchev–Trinajstić information content (AvgIpc) is 2.65. The molecule has 0 radical (unpaired) electrons. The zero-order chi connectivity index (χ0) is 18.1. The van der Waals surface area contributed by atoms with E-state index in [-0.39, 0.29) is 5.91 Å². The predicted molar refractivity (Wildman–Crippen MR) is 94.2 cm³/mol. The lowest BCUT2D eigenvalue weighted by atomic mass is 10.1. The minimum Gasteiger partial charge on any atom is -0.491 e. The molecule has 0 fully saturated rings. The second-order valence-corrected chi connectivity index (χ2v) is 5.06. The molecule has 0 aromatic heterocycles. The van der Waals surface area contributed by atoms with Gasteiger partial charge in [0.2, 0.25) is 0 Å². The number of esters is 1. The first-order chi connectivity index (χ1) is 12.2. The molecule has 0 aliphatic rings. The smallest absolute Gasteiger partial charge is 0.339 e. The highest BCUT2D eigenvalue weighted by Gasteiger charge is 2.14. The molecule has 0 bridgehead atoms. The lowest BCUT2D eigenvalue weighted by Gasteiger charge is -2.10. The Kier molecular flexibility index (Phi) is 6.98. The van der Waals surface area contributed by atoms with Crippen molar-refractivity contribution in [2.75, 3.05) is 32.2 Å². The van der Waals surface area contributed by atoms with Gasteiger partial charge in [-0.25, -0.2) is 4.79 Å². The lowest BCUT2D eigenvalue weighted by molar-refractivity contribution is 0.0602. The third kappa shape index (κ3) is 5.32. The number of ether oxygens (including phenoxy) is 3. The van der Waals surface area contributed by atoms with Crippen LogP contribution in [0.15, 0.2) is 48.5 Å². The molecule has 1 N–H and O–H groups in total. The maximum absolute atomic E-state index is 12.4. The number of methoxy groups -OCH3 is 1. The number of para-hydroxylation sites is 1. The van der Waals surface area contributed by atoms with E-state index in [1.165, 1.54) is 7.11 Å². The molecule has 0 saturated heterocycles.